The van der Waals surface area contributed by atoms with Crippen molar-refractivity contribution in [2.75, 3.05) is 7.11 Å². The smallest absolute Gasteiger partial charge is 0.379 e. The summed E-state index contributed by atoms with van der Waals surface area (Å²) in [4.78, 5) is 22.9. The molecule has 1 amide bonds. The number of nitriles is 1. The molecule has 7 heteroatoms. The van der Waals surface area contributed by atoms with E-state index < -0.39 is 11.9 Å². The fraction of sp³-hybridized carbons (Fsp3) is 0.0625. The normalized spacial score (nSPS) is 10.7. The average molecular weight is 312 g/mol. The molecule has 0 saturated carbocycles. The number of carbonyl (C=O) groups is 2. The lowest BCUT2D eigenvalue weighted by Gasteiger charge is -2.09. The van der Waals surface area contributed by atoms with Gasteiger partial charge >= 0.3 is 5.97 Å². The van der Waals surface area contributed by atoms with E-state index >= 15 is 0 Å². The molecule has 1 heterocycles. The first-order chi connectivity index (χ1) is 11.0. The molecular formula is C16H12N2O5. The van der Waals surface area contributed by atoms with E-state index in [4.69, 9.17) is 24.9 Å². The maximum Gasteiger partial charge on any atom is 0.379 e. The summed E-state index contributed by atoms with van der Waals surface area (Å²) in [6.07, 6.45) is 2.66. The Balaban J connectivity index is 2.28. The highest BCUT2D eigenvalue weighted by atomic mass is 16.6. The van der Waals surface area contributed by atoms with Crippen LogP contribution < -0.4 is 15.2 Å². The zero-order chi connectivity index (χ0) is 16.8. The Morgan fingerprint density at radius 2 is 2.09 bits per heavy atom. The van der Waals surface area contributed by atoms with Gasteiger partial charge in [-0.3, -0.25) is 4.79 Å². The third kappa shape index (κ3) is 3.77. The third-order valence-electron chi connectivity index (χ3n) is 2.81. The molecule has 0 aliphatic heterocycles. The standard InChI is InChI=1S/C16H12N2O5/c1-21-14-8-10(7-11(9-17)15(18)19)4-5-12(14)23-16(20)13-3-2-6-22-13/h2-8H,1H3,(H2,18,19)/b11-7+. The lowest BCUT2D eigenvalue weighted by atomic mass is 10.1. The van der Waals surface area contributed by atoms with Crippen LogP contribution >= 0.6 is 0 Å². The molecule has 2 N–H and O–H groups in total. The predicted molar refractivity (Wildman–Crippen MR) is 79.4 cm³/mol. The molecule has 7 nitrogen and oxygen atoms in total. The predicted octanol–water partition coefficient (Wildman–Crippen LogP) is 1.90. The number of ether oxygens (including phenoxy) is 2. The van der Waals surface area contributed by atoms with Gasteiger partial charge in [0.05, 0.1) is 13.4 Å². The number of carbonyl (C=O) groups excluding carboxylic acids is 2. The van der Waals surface area contributed by atoms with Crippen molar-refractivity contribution in [2.45, 2.75) is 0 Å². The Labute approximate surface area is 131 Å². The van der Waals surface area contributed by atoms with Crippen molar-refractivity contribution >= 4 is 18.0 Å². The van der Waals surface area contributed by atoms with E-state index in [2.05, 4.69) is 0 Å². The molecule has 116 valence electrons. The quantitative estimate of drug-likeness (QED) is 0.390. The van der Waals surface area contributed by atoms with Crippen molar-refractivity contribution < 1.29 is 23.5 Å². The SMILES string of the molecule is COc1cc(/C=C(\C#N)C(N)=O)ccc1OC(=O)c1ccco1. The van der Waals surface area contributed by atoms with Crippen LogP contribution in [0.25, 0.3) is 6.08 Å². The first-order valence-corrected chi connectivity index (χ1v) is 6.40. The van der Waals surface area contributed by atoms with E-state index in [1.54, 1.807) is 18.2 Å². The lowest BCUT2D eigenvalue weighted by Crippen LogP contribution is -2.12. The van der Waals surface area contributed by atoms with Crippen molar-refractivity contribution in [3.63, 3.8) is 0 Å². The van der Waals surface area contributed by atoms with Gasteiger partial charge in [-0.15, -0.1) is 0 Å². The zero-order valence-corrected chi connectivity index (χ0v) is 12.1. The van der Waals surface area contributed by atoms with E-state index in [1.165, 1.54) is 37.6 Å². The monoisotopic (exact) mass is 312 g/mol. The van der Waals surface area contributed by atoms with Gasteiger partial charge in [-0.25, -0.2) is 4.79 Å². The van der Waals surface area contributed by atoms with Crippen LogP contribution in [0.2, 0.25) is 0 Å². The van der Waals surface area contributed by atoms with Crippen molar-refractivity contribution in [1.82, 2.24) is 0 Å². The summed E-state index contributed by atoms with van der Waals surface area (Å²) >= 11 is 0. The molecule has 1 aromatic carbocycles. The number of furan rings is 1. The number of nitrogens with two attached hydrogens (primary N) is 1. The van der Waals surface area contributed by atoms with Crippen molar-refractivity contribution in [3.8, 4) is 17.6 Å². The number of benzene rings is 1. The number of rotatable bonds is 5. The summed E-state index contributed by atoms with van der Waals surface area (Å²) in [6.45, 7) is 0. The number of methoxy groups -OCH3 is 1. The molecule has 0 unspecified atom stereocenters. The first kappa shape index (κ1) is 15.9. The number of nitrogens with zero attached hydrogens (tertiary/aromatic N) is 1. The summed E-state index contributed by atoms with van der Waals surface area (Å²) < 4.78 is 15.3. The summed E-state index contributed by atoms with van der Waals surface area (Å²) in [5.74, 6) is -1.04. The van der Waals surface area contributed by atoms with Crippen molar-refractivity contribution in [3.05, 3.63) is 53.5 Å². The molecule has 0 aliphatic carbocycles. The van der Waals surface area contributed by atoms with Gasteiger partial charge in [0.2, 0.25) is 5.76 Å². The van der Waals surface area contributed by atoms with E-state index in [9.17, 15) is 9.59 Å². The van der Waals surface area contributed by atoms with Gasteiger partial charge in [-0.05, 0) is 35.9 Å². The molecule has 2 aromatic rings. The minimum atomic E-state index is -0.834. The molecule has 0 atom stereocenters. The molecule has 0 aliphatic rings. The molecule has 1 aromatic heterocycles. The van der Waals surface area contributed by atoms with Crippen molar-refractivity contribution in [2.24, 2.45) is 5.73 Å². The Morgan fingerprint density at radius 1 is 1.30 bits per heavy atom. The van der Waals surface area contributed by atoms with Gasteiger partial charge in [0.15, 0.2) is 11.5 Å². The highest BCUT2D eigenvalue weighted by Gasteiger charge is 2.15. The van der Waals surface area contributed by atoms with Gasteiger partial charge in [0.1, 0.15) is 11.6 Å². The minimum Gasteiger partial charge on any atom is -0.493 e. The topological polar surface area (TPSA) is 116 Å². The van der Waals surface area contributed by atoms with Crippen molar-refractivity contribution in [1.29, 1.82) is 5.26 Å². The van der Waals surface area contributed by atoms with Crippen LogP contribution in [0, 0.1) is 11.3 Å². The molecule has 2 rings (SSSR count). The molecule has 0 bridgehead atoms. The average Bonchev–Trinajstić information content (AvgIpc) is 3.07. The number of primary amides is 1. The Hall–Kier alpha value is -3.53. The van der Waals surface area contributed by atoms with Gasteiger partial charge < -0.3 is 19.6 Å². The number of hydrogen-bond donors (Lipinski definition) is 1. The molecule has 0 radical (unpaired) electrons. The second kappa shape index (κ2) is 6.95. The molecular weight excluding hydrogens is 300 g/mol. The molecule has 0 saturated heterocycles. The highest BCUT2D eigenvalue weighted by molar-refractivity contribution is 6.00. The van der Waals surface area contributed by atoms with Gasteiger partial charge in [0, 0.05) is 0 Å². The van der Waals surface area contributed by atoms with E-state index in [1.807, 2.05) is 0 Å². The Morgan fingerprint density at radius 3 is 2.65 bits per heavy atom. The highest BCUT2D eigenvalue weighted by Crippen LogP contribution is 2.29. The Bertz CT molecular complexity index is 800. The summed E-state index contributed by atoms with van der Waals surface area (Å²) in [6, 6.07) is 9.26. The molecule has 0 spiro atoms. The fourth-order valence-electron chi connectivity index (χ4n) is 1.73. The lowest BCUT2D eigenvalue weighted by molar-refractivity contribution is -0.114. The van der Waals surface area contributed by atoms with Gasteiger partial charge in [-0.1, -0.05) is 6.07 Å². The van der Waals surface area contributed by atoms with Crippen LogP contribution in [-0.4, -0.2) is 19.0 Å². The third-order valence-corrected chi connectivity index (χ3v) is 2.81. The largest absolute Gasteiger partial charge is 0.493 e. The number of esters is 1. The van der Waals surface area contributed by atoms with E-state index in [-0.39, 0.29) is 22.8 Å². The second-order valence-corrected chi connectivity index (χ2v) is 4.31. The van der Waals surface area contributed by atoms with E-state index in [0.29, 0.717) is 5.56 Å². The first-order valence-electron chi connectivity index (χ1n) is 6.40. The van der Waals surface area contributed by atoms with Crippen LogP contribution in [0.5, 0.6) is 11.5 Å². The molecule has 23 heavy (non-hydrogen) atoms. The van der Waals surface area contributed by atoms with Crippen LogP contribution in [-0.2, 0) is 4.79 Å². The fourth-order valence-corrected chi connectivity index (χ4v) is 1.73. The van der Waals surface area contributed by atoms with E-state index in [0.717, 1.165) is 0 Å². The van der Waals surface area contributed by atoms with Crippen LogP contribution in [0.1, 0.15) is 16.1 Å². The number of amides is 1. The summed E-state index contributed by atoms with van der Waals surface area (Å²) in [5, 5.41) is 8.83. The second-order valence-electron chi connectivity index (χ2n) is 4.31. The summed E-state index contributed by atoms with van der Waals surface area (Å²) in [7, 11) is 1.40. The van der Waals surface area contributed by atoms with Gasteiger partial charge in [0.25, 0.3) is 5.91 Å². The summed E-state index contributed by atoms with van der Waals surface area (Å²) in [5.41, 5.74) is 5.37. The van der Waals surface area contributed by atoms with Crippen LogP contribution in [0.15, 0.2) is 46.6 Å². The maximum absolute atomic E-state index is 11.9. The molecule has 0 fully saturated rings. The Kier molecular flexibility index (Phi) is 4.79. The minimum absolute atomic E-state index is 0.0523. The zero-order valence-electron chi connectivity index (χ0n) is 12.1. The van der Waals surface area contributed by atoms with Gasteiger partial charge in [-0.2, -0.15) is 5.26 Å². The van der Waals surface area contributed by atoms with Crippen LogP contribution in [0.4, 0.5) is 0 Å². The maximum atomic E-state index is 11.9. The van der Waals surface area contributed by atoms with Crippen LogP contribution in [0.3, 0.4) is 0 Å². The number of hydrogen-bond acceptors (Lipinski definition) is 6.